The lowest BCUT2D eigenvalue weighted by atomic mass is 9.90. The van der Waals surface area contributed by atoms with Gasteiger partial charge in [-0.1, -0.05) is 13.0 Å². The highest BCUT2D eigenvalue weighted by Gasteiger charge is 2.21. The molecule has 10 heteroatoms. The first-order chi connectivity index (χ1) is 14.3. The highest BCUT2D eigenvalue weighted by molar-refractivity contribution is 7.89. The van der Waals surface area contributed by atoms with E-state index in [2.05, 4.69) is 22.5 Å². The molecule has 2 aromatic rings. The smallest absolute Gasteiger partial charge is 0.279 e. The molecule has 1 aromatic heterocycles. The summed E-state index contributed by atoms with van der Waals surface area (Å²) in [7, 11) is -2.29. The van der Waals surface area contributed by atoms with Gasteiger partial charge in [-0.05, 0) is 55.0 Å². The van der Waals surface area contributed by atoms with Crippen LogP contribution in [0.4, 0.5) is 0 Å². The quantitative estimate of drug-likeness (QED) is 0.439. The summed E-state index contributed by atoms with van der Waals surface area (Å²) < 4.78 is 31.8. The molecule has 0 saturated heterocycles. The summed E-state index contributed by atoms with van der Waals surface area (Å²) in [5.41, 5.74) is 6.08. The number of carbonyl (C=O) groups is 2. The van der Waals surface area contributed by atoms with Gasteiger partial charge in [-0.3, -0.25) is 20.4 Å². The predicted molar refractivity (Wildman–Crippen MR) is 114 cm³/mol. The molecule has 1 aliphatic rings. The molecule has 0 aliphatic heterocycles. The number of thiophene rings is 1. The van der Waals surface area contributed by atoms with Gasteiger partial charge in [-0.2, -0.15) is 0 Å². The average Bonchev–Trinajstić information content (AvgIpc) is 3.15. The number of nitrogens with one attached hydrogen (secondary N) is 3. The van der Waals surface area contributed by atoms with E-state index in [0.29, 0.717) is 10.8 Å². The second-order valence-corrected chi connectivity index (χ2v) is 10.1. The van der Waals surface area contributed by atoms with Crippen LogP contribution in [0.15, 0.2) is 35.2 Å². The van der Waals surface area contributed by atoms with Gasteiger partial charge in [0.1, 0.15) is 0 Å². The van der Waals surface area contributed by atoms with E-state index in [1.807, 2.05) is 6.07 Å². The number of hydrogen-bond donors (Lipinski definition) is 3. The van der Waals surface area contributed by atoms with Gasteiger partial charge in [-0.15, -0.1) is 11.3 Å². The van der Waals surface area contributed by atoms with Gasteiger partial charge in [-0.25, -0.2) is 13.1 Å². The average molecular weight is 452 g/mol. The van der Waals surface area contributed by atoms with E-state index in [9.17, 15) is 18.0 Å². The zero-order valence-electron chi connectivity index (χ0n) is 16.9. The fraction of sp³-hybridized carbons (Fsp3) is 0.400. The summed E-state index contributed by atoms with van der Waals surface area (Å²) in [6.07, 6.45) is 3.05. The van der Waals surface area contributed by atoms with Gasteiger partial charge in [0.25, 0.3) is 11.8 Å². The summed E-state index contributed by atoms with van der Waals surface area (Å²) in [6, 6.07) is 7.47. The Morgan fingerprint density at radius 3 is 2.73 bits per heavy atom. The molecule has 1 heterocycles. The van der Waals surface area contributed by atoms with E-state index >= 15 is 0 Å². The maximum Gasteiger partial charge on any atom is 0.279 e. The molecule has 3 rings (SSSR count). The van der Waals surface area contributed by atoms with Gasteiger partial charge >= 0.3 is 0 Å². The molecule has 162 valence electrons. The lowest BCUT2D eigenvalue weighted by molar-refractivity contribution is 0.0848. The standard InChI is InChI=1S/C20H25N3O5S2/c1-13-6-7-17-15(10-13)12-18(29-17)20(25)23-22-19(24)14-4-3-5-16(11-14)30(26,27)21-8-9-28-2/h3-5,11-13,21H,6-10H2,1-2H3,(H,22,24)(H,23,25). The number of amides is 2. The van der Waals surface area contributed by atoms with Crippen molar-refractivity contribution >= 4 is 33.2 Å². The van der Waals surface area contributed by atoms with Gasteiger partial charge in [0, 0.05) is 24.1 Å². The van der Waals surface area contributed by atoms with Crippen LogP contribution < -0.4 is 15.6 Å². The van der Waals surface area contributed by atoms with Crippen LogP contribution in [0.3, 0.4) is 0 Å². The molecule has 0 spiro atoms. The van der Waals surface area contributed by atoms with Crippen molar-refractivity contribution in [2.75, 3.05) is 20.3 Å². The SMILES string of the molecule is COCCNS(=O)(=O)c1cccc(C(=O)NNC(=O)c2cc3c(s2)CCC(C)C3)c1. The molecule has 0 radical (unpaired) electrons. The summed E-state index contributed by atoms with van der Waals surface area (Å²) in [4.78, 5) is 26.6. The number of aryl methyl sites for hydroxylation is 1. The monoisotopic (exact) mass is 451 g/mol. The van der Waals surface area contributed by atoms with Crippen molar-refractivity contribution in [3.63, 3.8) is 0 Å². The molecule has 0 bridgehead atoms. The number of benzene rings is 1. The second-order valence-electron chi connectivity index (χ2n) is 7.23. The first-order valence-corrected chi connectivity index (χ1v) is 11.9. The van der Waals surface area contributed by atoms with E-state index < -0.39 is 15.9 Å². The highest BCUT2D eigenvalue weighted by atomic mass is 32.2. The van der Waals surface area contributed by atoms with Gasteiger partial charge in [0.05, 0.1) is 16.4 Å². The zero-order chi connectivity index (χ0) is 21.7. The third-order valence-corrected chi connectivity index (χ3v) is 7.54. The van der Waals surface area contributed by atoms with E-state index in [1.54, 1.807) is 0 Å². The molecule has 2 amide bonds. The summed E-state index contributed by atoms with van der Waals surface area (Å²) >= 11 is 1.45. The molecule has 0 fully saturated rings. The largest absolute Gasteiger partial charge is 0.383 e. The van der Waals surface area contributed by atoms with Crippen LogP contribution in [0.5, 0.6) is 0 Å². The minimum absolute atomic E-state index is 0.0439. The lowest BCUT2D eigenvalue weighted by Gasteiger charge is -2.16. The zero-order valence-corrected chi connectivity index (χ0v) is 18.5. The van der Waals surface area contributed by atoms with E-state index in [1.165, 1.54) is 53.2 Å². The number of carbonyl (C=O) groups excluding carboxylic acids is 2. The number of hydrazine groups is 1. The third-order valence-electron chi connectivity index (χ3n) is 4.85. The Balaban J connectivity index is 1.62. The molecule has 1 aromatic carbocycles. The van der Waals surface area contributed by atoms with Crippen molar-refractivity contribution in [2.24, 2.45) is 5.92 Å². The van der Waals surface area contributed by atoms with Crippen LogP contribution >= 0.6 is 11.3 Å². The van der Waals surface area contributed by atoms with Crippen LogP contribution in [0, 0.1) is 5.92 Å². The number of methoxy groups -OCH3 is 1. The molecule has 3 N–H and O–H groups in total. The first kappa shape index (κ1) is 22.4. The van der Waals surface area contributed by atoms with Crippen LogP contribution in [-0.2, 0) is 27.6 Å². The molecule has 1 atom stereocenters. The Morgan fingerprint density at radius 2 is 1.97 bits per heavy atom. The molecular weight excluding hydrogens is 426 g/mol. The minimum Gasteiger partial charge on any atom is -0.383 e. The fourth-order valence-corrected chi connectivity index (χ4v) is 5.39. The van der Waals surface area contributed by atoms with Gasteiger partial charge < -0.3 is 4.74 Å². The summed E-state index contributed by atoms with van der Waals surface area (Å²) in [6.45, 7) is 2.55. The molecular formula is C20H25N3O5S2. The number of fused-ring (bicyclic) bond motifs is 1. The van der Waals surface area contributed by atoms with Crippen LogP contribution in [0.1, 0.15) is 43.8 Å². The van der Waals surface area contributed by atoms with Crippen LogP contribution in [0.2, 0.25) is 0 Å². The normalized spacial score (nSPS) is 16.0. The number of ether oxygens (including phenoxy) is 1. The maximum absolute atomic E-state index is 12.4. The maximum atomic E-state index is 12.4. The van der Waals surface area contributed by atoms with Gasteiger partial charge in [0.2, 0.25) is 10.0 Å². The summed E-state index contributed by atoms with van der Waals surface area (Å²) in [5.74, 6) is -0.386. The van der Waals surface area contributed by atoms with Crippen molar-refractivity contribution in [1.29, 1.82) is 0 Å². The fourth-order valence-electron chi connectivity index (χ4n) is 3.23. The van der Waals surface area contributed by atoms with Crippen molar-refractivity contribution in [2.45, 2.75) is 31.1 Å². The Labute approximate surface area is 180 Å². The highest BCUT2D eigenvalue weighted by Crippen LogP contribution is 2.32. The number of hydrogen-bond acceptors (Lipinski definition) is 6. The molecule has 30 heavy (non-hydrogen) atoms. The van der Waals surface area contributed by atoms with Crippen LogP contribution in [0.25, 0.3) is 0 Å². The van der Waals surface area contributed by atoms with Crippen molar-refractivity contribution in [1.82, 2.24) is 15.6 Å². The van der Waals surface area contributed by atoms with E-state index in [4.69, 9.17) is 4.74 Å². The minimum atomic E-state index is -3.76. The number of sulfonamides is 1. The molecule has 0 saturated carbocycles. The Morgan fingerprint density at radius 1 is 1.20 bits per heavy atom. The molecule has 8 nitrogen and oxygen atoms in total. The van der Waals surface area contributed by atoms with Crippen molar-refractivity contribution in [3.8, 4) is 0 Å². The van der Waals surface area contributed by atoms with Crippen molar-refractivity contribution < 1.29 is 22.7 Å². The molecule has 1 aliphatic carbocycles. The third kappa shape index (κ3) is 5.45. The summed E-state index contributed by atoms with van der Waals surface area (Å²) in [5, 5.41) is 0. The van der Waals surface area contributed by atoms with Crippen molar-refractivity contribution in [3.05, 3.63) is 51.2 Å². The predicted octanol–water partition coefficient (Wildman–Crippen LogP) is 1.87. The van der Waals surface area contributed by atoms with Gasteiger partial charge in [0.15, 0.2) is 0 Å². The van der Waals surface area contributed by atoms with E-state index in [-0.39, 0.29) is 29.5 Å². The second kappa shape index (κ2) is 9.69. The topological polar surface area (TPSA) is 114 Å². The molecule has 1 unspecified atom stereocenters. The number of rotatable bonds is 7. The van der Waals surface area contributed by atoms with E-state index in [0.717, 1.165) is 19.3 Å². The Bertz CT molecular complexity index is 1030. The first-order valence-electron chi connectivity index (χ1n) is 9.61. The van der Waals surface area contributed by atoms with Crippen LogP contribution in [-0.4, -0.2) is 40.5 Å². The Hall–Kier alpha value is -2.27. The lowest BCUT2D eigenvalue weighted by Crippen LogP contribution is -2.41. The Kier molecular flexibility index (Phi) is 7.24.